The van der Waals surface area contributed by atoms with Gasteiger partial charge in [0, 0.05) is 36.7 Å². The molecule has 58 heavy (non-hydrogen) atoms. The molecule has 1 unspecified atom stereocenters. The van der Waals surface area contributed by atoms with Gasteiger partial charge in [0.15, 0.2) is 0 Å². The zero-order valence-electron chi connectivity index (χ0n) is 33.8. The first-order valence-electron chi connectivity index (χ1n) is 19.7. The smallest absolute Gasteiger partial charge is 0.407 e. The lowest BCUT2D eigenvalue weighted by atomic mass is 9.84. The van der Waals surface area contributed by atoms with Crippen molar-refractivity contribution in [1.82, 2.24) is 16.0 Å². The molecule has 0 aliphatic carbocycles. The third-order valence-corrected chi connectivity index (χ3v) is 11.8. The summed E-state index contributed by atoms with van der Waals surface area (Å²) in [5.74, 6) is 0.0284. The number of hydrogen-bond acceptors (Lipinski definition) is 8. The quantitative estimate of drug-likeness (QED) is 0.0714. The first-order valence-corrected chi connectivity index (χ1v) is 20.7. The Morgan fingerprint density at radius 2 is 1.36 bits per heavy atom. The summed E-state index contributed by atoms with van der Waals surface area (Å²) in [6.07, 6.45) is 0.426. The Morgan fingerprint density at radius 1 is 0.776 bits per heavy atom. The van der Waals surface area contributed by atoms with Gasteiger partial charge < -0.3 is 30.2 Å². The second-order valence-corrected chi connectivity index (χ2v) is 16.7. The summed E-state index contributed by atoms with van der Waals surface area (Å²) < 4.78 is 16.4. The Bertz CT molecular complexity index is 2030. The molecule has 6 rings (SSSR count). The molecular weight excluding hydrogens is 747 g/mol. The van der Waals surface area contributed by atoms with Gasteiger partial charge in [-0.1, -0.05) is 133 Å². The summed E-state index contributed by atoms with van der Waals surface area (Å²) in [4.78, 5) is 40.1. The Kier molecular flexibility index (Phi) is 13.9. The van der Waals surface area contributed by atoms with Gasteiger partial charge in [-0.05, 0) is 56.0 Å². The van der Waals surface area contributed by atoms with Crippen molar-refractivity contribution in [3.8, 4) is 5.75 Å². The highest BCUT2D eigenvalue weighted by atomic mass is 32.2. The van der Waals surface area contributed by atoms with Crippen molar-refractivity contribution in [2.24, 2.45) is 0 Å². The first kappa shape index (κ1) is 42.0. The molecule has 0 saturated heterocycles. The third-order valence-electron chi connectivity index (χ3n) is 10.0. The number of thioether (sulfide) groups is 1. The third kappa shape index (κ3) is 10.5. The topological polar surface area (TPSA) is 115 Å². The summed E-state index contributed by atoms with van der Waals surface area (Å²) >= 11 is 1.76. The van der Waals surface area contributed by atoms with Crippen LogP contribution in [0.5, 0.6) is 5.75 Å². The van der Waals surface area contributed by atoms with Crippen molar-refractivity contribution in [1.29, 1.82) is 0 Å². The Morgan fingerprint density at radius 3 is 1.91 bits per heavy atom. The predicted molar refractivity (Wildman–Crippen MR) is 230 cm³/mol. The molecule has 302 valence electrons. The van der Waals surface area contributed by atoms with E-state index in [1.54, 1.807) is 17.8 Å². The van der Waals surface area contributed by atoms with Gasteiger partial charge in [-0.2, -0.15) is 0 Å². The van der Waals surface area contributed by atoms with Crippen molar-refractivity contribution in [2.45, 2.75) is 69.0 Å². The maximum absolute atomic E-state index is 13.8. The van der Waals surface area contributed by atoms with E-state index in [9.17, 15) is 14.4 Å². The van der Waals surface area contributed by atoms with E-state index in [4.69, 9.17) is 14.2 Å². The number of benzene rings is 5. The molecule has 0 radical (unpaired) electrons. The van der Waals surface area contributed by atoms with E-state index in [1.165, 1.54) is 7.11 Å². The molecule has 0 fully saturated rings. The van der Waals surface area contributed by atoms with E-state index >= 15 is 0 Å². The molecule has 0 bridgehead atoms. The number of carbonyl (C=O) groups excluding carboxylic acids is 3. The highest BCUT2D eigenvalue weighted by Gasteiger charge is 2.38. The van der Waals surface area contributed by atoms with Gasteiger partial charge >= 0.3 is 12.1 Å². The summed E-state index contributed by atoms with van der Waals surface area (Å²) in [5, 5.41) is 9.77. The number of aryl methyl sites for hydroxylation is 1. The Hall–Kier alpha value is -5.58. The van der Waals surface area contributed by atoms with Gasteiger partial charge in [0.2, 0.25) is 0 Å². The number of nitrogens with one attached hydrogen (secondary N) is 3. The van der Waals surface area contributed by atoms with Crippen LogP contribution < -0.4 is 20.7 Å². The molecule has 0 spiro atoms. The van der Waals surface area contributed by atoms with Crippen molar-refractivity contribution in [3.63, 3.8) is 0 Å². The second-order valence-electron chi connectivity index (χ2n) is 15.5. The van der Waals surface area contributed by atoms with E-state index in [0.29, 0.717) is 36.6 Å². The lowest BCUT2D eigenvalue weighted by Crippen LogP contribution is -2.47. The fourth-order valence-corrected chi connectivity index (χ4v) is 8.81. The fraction of sp³-hybridized carbons (Fsp3) is 0.312. The predicted octanol–water partition coefficient (Wildman–Crippen LogP) is 8.54. The van der Waals surface area contributed by atoms with Crippen molar-refractivity contribution in [3.05, 3.63) is 172 Å². The van der Waals surface area contributed by atoms with Gasteiger partial charge in [-0.25, -0.2) is 9.59 Å². The number of hydrogen-bond donors (Lipinski definition) is 3. The average molecular weight is 800 g/mol. The maximum atomic E-state index is 13.8. The largest absolute Gasteiger partial charge is 0.492 e. The van der Waals surface area contributed by atoms with Crippen LogP contribution in [0.4, 0.5) is 4.79 Å². The van der Waals surface area contributed by atoms with Crippen LogP contribution in [-0.2, 0) is 25.4 Å². The molecular formula is C48H53N3O6S. The molecule has 3 atom stereocenters. The molecule has 1 aliphatic heterocycles. The van der Waals surface area contributed by atoms with Crippen LogP contribution in [0.25, 0.3) is 0 Å². The van der Waals surface area contributed by atoms with Crippen LogP contribution in [0.15, 0.2) is 133 Å². The molecule has 10 heteroatoms. The molecule has 5 aromatic carbocycles. The van der Waals surface area contributed by atoms with Crippen molar-refractivity contribution in [2.75, 3.05) is 26.0 Å². The maximum Gasteiger partial charge on any atom is 0.407 e. The number of fused-ring (bicyclic) bond motifs is 1. The molecule has 1 heterocycles. The Labute approximate surface area is 346 Å². The van der Waals surface area contributed by atoms with E-state index in [1.807, 2.05) is 82.3 Å². The molecule has 2 amide bonds. The van der Waals surface area contributed by atoms with Gasteiger partial charge in [0.05, 0.1) is 30.1 Å². The minimum absolute atomic E-state index is 0.185. The lowest BCUT2D eigenvalue weighted by Gasteiger charge is -2.37. The average Bonchev–Trinajstić information content (AvgIpc) is 3.23. The monoisotopic (exact) mass is 799 g/mol. The number of ether oxygens (including phenoxy) is 3. The minimum atomic E-state index is -0.888. The van der Waals surface area contributed by atoms with Gasteiger partial charge in [-0.3, -0.25) is 4.79 Å². The van der Waals surface area contributed by atoms with Crippen LogP contribution in [0.2, 0.25) is 0 Å². The summed E-state index contributed by atoms with van der Waals surface area (Å²) in [6, 6.07) is 43.2. The van der Waals surface area contributed by atoms with E-state index in [-0.39, 0.29) is 18.5 Å². The molecule has 1 aliphatic rings. The second kappa shape index (κ2) is 19.2. The summed E-state index contributed by atoms with van der Waals surface area (Å²) in [5.41, 5.74) is 5.85. The van der Waals surface area contributed by atoms with Gasteiger partial charge in [0.1, 0.15) is 17.4 Å². The summed E-state index contributed by atoms with van der Waals surface area (Å²) in [6.45, 7) is 8.32. The van der Waals surface area contributed by atoms with Crippen molar-refractivity contribution < 1.29 is 28.6 Å². The SMILES string of the molecule is COC(=O)[C@H](Cc1ccc(C)cc1)NC(=O)c1cccc2c1OCCC2NC[C@H](CSC(c1ccccc1)(c1ccccc1)c1ccccc1)NC(=O)OC(C)(C)C. The van der Waals surface area contributed by atoms with Crippen LogP contribution in [0.1, 0.15) is 77.0 Å². The van der Waals surface area contributed by atoms with Crippen LogP contribution >= 0.6 is 11.8 Å². The van der Waals surface area contributed by atoms with E-state index in [2.05, 4.69) is 88.7 Å². The number of amides is 2. The zero-order chi connectivity index (χ0) is 41.1. The number of rotatable bonds is 15. The lowest BCUT2D eigenvalue weighted by molar-refractivity contribution is -0.142. The van der Waals surface area contributed by atoms with Crippen LogP contribution in [-0.4, -0.2) is 61.7 Å². The molecule has 3 N–H and O–H groups in total. The standard InChI is InChI=1S/C48H53N3O6S/c1-33-24-26-34(27-25-33)30-42(45(53)55-5)51-44(52)40-23-15-22-39-41(28-29-56-43(39)40)49-31-38(50-46(54)57-47(2,3)4)32-58-48(35-16-9-6-10-17-35,36-18-11-7-12-19-36)37-20-13-8-14-21-37/h6-27,38,41-42,49H,28-32H2,1-5H3,(H,50,54)(H,51,52)/t38-,41?,42+/m1/s1. The fourth-order valence-electron chi connectivity index (χ4n) is 7.25. The van der Waals surface area contributed by atoms with Gasteiger partial charge in [-0.15, -0.1) is 11.8 Å². The normalized spacial score (nSPS) is 14.9. The van der Waals surface area contributed by atoms with Crippen LogP contribution in [0.3, 0.4) is 0 Å². The molecule has 0 saturated carbocycles. The first-order chi connectivity index (χ1) is 28.0. The van der Waals surface area contributed by atoms with Crippen molar-refractivity contribution >= 4 is 29.7 Å². The number of esters is 1. The molecule has 5 aromatic rings. The highest BCUT2D eigenvalue weighted by molar-refractivity contribution is 8.00. The van der Waals surface area contributed by atoms with E-state index in [0.717, 1.165) is 33.4 Å². The zero-order valence-corrected chi connectivity index (χ0v) is 34.6. The highest BCUT2D eigenvalue weighted by Crippen LogP contribution is 2.48. The minimum Gasteiger partial charge on any atom is -0.492 e. The van der Waals surface area contributed by atoms with E-state index < -0.39 is 34.4 Å². The number of carbonyl (C=O) groups is 3. The number of alkyl carbamates (subject to hydrolysis) is 1. The van der Waals surface area contributed by atoms with Gasteiger partial charge in [0.25, 0.3) is 5.91 Å². The number of methoxy groups -OCH3 is 1. The van der Waals surface area contributed by atoms with Crippen LogP contribution in [0, 0.1) is 6.92 Å². The number of para-hydroxylation sites is 1. The Balaban J connectivity index is 1.26. The molecule has 0 aromatic heterocycles. The molecule has 9 nitrogen and oxygen atoms in total. The summed E-state index contributed by atoms with van der Waals surface area (Å²) in [7, 11) is 1.31.